The molecule has 0 spiro atoms. The van der Waals surface area contributed by atoms with Crippen LogP contribution in [0.15, 0.2) is 24.3 Å². The number of carbonyl (C=O) groups excluding carboxylic acids is 1. The molecule has 2 N–H and O–H groups in total. The summed E-state index contributed by atoms with van der Waals surface area (Å²) in [6.45, 7) is 3.92. The van der Waals surface area contributed by atoms with Crippen LogP contribution in [0, 0.1) is 3.57 Å². The second kappa shape index (κ2) is 7.92. The average molecular weight is 390 g/mol. The maximum atomic E-state index is 12.0. The molecule has 0 aliphatic carbocycles. The van der Waals surface area contributed by atoms with E-state index in [-0.39, 0.29) is 12.5 Å². The first-order valence-corrected chi connectivity index (χ1v) is 7.75. The van der Waals surface area contributed by atoms with Crippen LogP contribution in [0.2, 0.25) is 0 Å². The molecule has 1 fully saturated rings. The zero-order chi connectivity index (χ0) is 14.4. The third-order valence-corrected chi connectivity index (χ3v) is 4.13. The minimum absolute atomic E-state index is 0.143. The highest BCUT2D eigenvalue weighted by molar-refractivity contribution is 14.1. The van der Waals surface area contributed by atoms with Crippen LogP contribution in [0.1, 0.15) is 10.4 Å². The summed E-state index contributed by atoms with van der Waals surface area (Å²) in [5.41, 5.74) is 0.645. The minimum atomic E-state index is -0.557. The lowest BCUT2D eigenvalue weighted by atomic mass is 10.2. The lowest BCUT2D eigenvalue weighted by molar-refractivity contribution is 0.0149. The summed E-state index contributed by atoms with van der Waals surface area (Å²) in [7, 11) is 0. The first-order valence-electron chi connectivity index (χ1n) is 6.67. The number of rotatable bonds is 5. The summed E-state index contributed by atoms with van der Waals surface area (Å²) in [6.07, 6.45) is -0.557. The number of ether oxygens (including phenoxy) is 1. The van der Waals surface area contributed by atoms with E-state index in [0.29, 0.717) is 25.3 Å². The molecule has 1 atom stereocenters. The Kier molecular flexibility index (Phi) is 6.21. The summed E-state index contributed by atoms with van der Waals surface area (Å²) < 4.78 is 6.16. The van der Waals surface area contributed by atoms with Gasteiger partial charge in [-0.2, -0.15) is 0 Å². The fraction of sp³-hybridized carbons (Fsp3) is 0.500. The normalized spacial score (nSPS) is 17.7. The third kappa shape index (κ3) is 4.69. The molecule has 1 aromatic carbocycles. The number of benzene rings is 1. The van der Waals surface area contributed by atoms with Gasteiger partial charge in [0.25, 0.3) is 5.91 Å². The number of aliphatic hydroxyl groups excluding tert-OH is 1. The Labute approximate surface area is 132 Å². The van der Waals surface area contributed by atoms with Crippen LogP contribution in [-0.2, 0) is 4.74 Å². The number of hydrogen-bond acceptors (Lipinski definition) is 4. The number of morpholine rings is 1. The van der Waals surface area contributed by atoms with Crippen LogP contribution >= 0.6 is 22.6 Å². The smallest absolute Gasteiger partial charge is 0.252 e. The average Bonchev–Trinajstić information content (AvgIpc) is 2.46. The number of amides is 1. The van der Waals surface area contributed by atoms with E-state index in [2.05, 4.69) is 32.8 Å². The van der Waals surface area contributed by atoms with Gasteiger partial charge < -0.3 is 15.2 Å². The first kappa shape index (κ1) is 15.7. The highest BCUT2D eigenvalue weighted by Gasteiger charge is 2.16. The molecule has 1 aliphatic heterocycles. The molecular weight excluding hydrogens is 371 g/mol. The van der Waals surface area contributed by atoms with E-state index in [4.69, 9.17) is 4.74 Å². The van der Waals surface area contributed by atoms with E-state index in [0.717, 1.165) is 16.7 Å². The van der Waals surface area contributed by atoms with Gasteiger partial charge in [0.1, 0.15) is 0 Å². The van der Waals surface area contributed by atoms with Gasteiger partial charge in [-0.3, -0.25) is 9.69 Å². The summed E-state index contributed by atoms with van der Waals surface area (Å²) in [5, 5.41) is 12.7. The maximum Gasteiger partial charge on any atom is 0.252 e. The Bertz CT molecular complexity index is 450. The monoisotopic (exact) mass is 390 g/mol. The van der Waals surface area contributed by atoms with Crippen LogP contribution in [0.5, 0.6) is 0 Å². The number of nitrogens with one attached hydrogen (secondary N) is 1. The van der Waals surface area contributed by atoms with Gasteiger partial charge in [-0.25, -0.2) is 0 Å². The Morgan fingerprint density at radius 1 is 1.40 bits per heavy atom. The summed E-state index contributed by atoms with van der Waals surface area (Å²) >= 11 is 2.13. The van der Waals surface area contributed by atoms with Gasteiger partial charge in [0.15, 0.2) is 0 Å². The molecule has 20 heavy (non-hydrogen) atoms. The van der Waals surface area contributed by atoms with E-state index < -0.39 is 6.10 Å². The van der Waals surface area contributed by atoms with Crippen LogP contribution in [-0.4, -0.2) is 61.4 Å². The van der Waals surface area contributed by atoms with E-state index in [9.17, 15) is 9.90 Å². The van der Waals surface area contributed by atoms with Crippen molar-refractivity contribution in [1.29, 1.82) is 0 Å². The first-order chi connectivity index (χ1) is 9.66. The third-order valence-electron chi connectivity index (χ3n) is 3.19. The molecule has 1 amide bonds. The lowest BCUT2D eigenvalue weighted by Gasteiger charge is -2.28. The number of β-amino-alcohol motifs (C(OH)–C–C–N with tert-alkyl or cyclic N) is 1. The van der Waals surface area contributed by atoms with Crippen LogP contribution in [0.3, 0.4) is 0 Å². The molecule has 1 unspecified atom stereocenters. The van der Waals surface area contributed by atoms with Gasteiger partial charge in [0.2, 0.25) is 0 Å². The van der Waals surface area contributed by atoms with Gasteiger partial charge in [-0.05, 0) is 34.7 Å². The maximum absolute atomic E-state index is 12.0. The summed E-state index contributed by atoms with van der Waals surface area (Å²) in [4.78, 5) is 14.1. The number of halogens is 1. The second-order valence-electron chi connectivity index (χ2n) is 4.76. The molecule has 2 rings (SSSR count). The number of nitrogens with zero attached hydrogens (tertiary/aromatic N) is 1. The molecule has 0 bridgehead atoms. The van der Waals surface area contributed by atoms with Crippen LogP contribution in [0.4, 0.5) is 0 Å². The topological polar surface area (TPSA) is 61.8 Å². The van der Waals surface area contributed by atoms with Gasteiger partial charge >= 0.3 is 0 Å². The Morgan fingerprint density at radius 2 is 2.10 bits per heavy atom. The molecule has 0 saturated carbocycles. The molecule has 110 valence electrons. The van der Waals surface area contributed by atoms with Crippen molar-refractivity contribution < 1.29 is 14.6 Å². The van der Waals surface area contributed by atoms with Crippen molar-refractivity contribution >= 4 is 28.5 Å². The second-order valence-corrected chi connectivity index (χ2v) is 5.92. The summed E-state index contributed by atoms with van der Waals surface area (Å²) in [5.74, 6) is -0.143. The molecule has 1 aliphatic rings. The minimum Gasteiger partial charge on any atom is -0.390 e. The van der Waals surface area contributed by atoms with Gasteiger partial charge in [-0.15, -0.1) is 0 Å². The van der Waals surface area contributed by atoms with Gasteiger partial charge in [-0.1, -0.05) is 12.1 Å². The predicted molar refractivity (Wildman–Crippen MR) is 84.8 cm³/mol. The van der Waals surface area contributed by atoms with Crippen molar-refractivity contribution in [2.45, 2.75) is 6.10 Å². The molecule has 6 heteroatoms. The Morgan fingerprint density at radius 3 is 2.80 bits per heavy atom. The number of aliphatic hydroxyl groups is 1. The highest BCUT2D eigenvalue weighted by Crippen LogP contribution is 2.11. The van der Waals surface area contributed by atoms with Crippen molar-refractivity contribution in [2.24, 2.45) is 0 Å². The predicted octanol–water partition coefficient (Wildman–Crippen LogP) is 0.714. The standard InChI is InChI=1S/C14H19IN2O3/c15-13-4-2-1-3-12(13)14(19)16-9-11(18)10-17-5-7-20-8-6-17/h1-4,11,18H,5-10H2,(H,16,19). The quantitative estimate of drug-likeness (QED) is 0.728. The van der Waals surface area contributed by atoms with Crippen molar-refractivity contribution in [3.63, 3.8) is 0 Å². The number of carbonyl (C=O) groups is 1. The molecule has 5 nitrogen and oxygen atoms in total. The lowest BCUT2D eigenvalue weighted by Crippen LogP contribution is -2.44. The zero-order valence-electron chi connectivity index (χ0n) is 11.2. The molecule has 1 aromatic rings. The Balaban J connectivity index is 1.76. The van der Waals surface area contributed by atoms with Gasteiger partial charge in [0, 0.05) is 29.7 Å². The molecule has 0 aromatic heterocycles. The zero-order valence-corrected chi connectivity index (χ0v) is 13.4. The number of hydrogen-bond donors (Lipinski definition) is 2. The van der Waals surface area contributed by atoms with Crippen molar-refractivity contribution in [3.8, 4) is 0 Å². The summed E-state index contributed by atoms with van der Waals surface area (Å²) in [6, 6.07) is 7.40. The van der Waals surface area contributed by atoms with Crippen LogP contribution < -0.4 is 5.32 Å². The molecule has 1 saturated heterocycles. The fourth-order valence-electron chi connectivity index (χ4n) is 2.10. The Hall–Kier alpha value is -0.700. The van der Waals surface area contributed by atoms with Gasteiger partial charge in [0.05, 0.1) is 24.9 Å². The molecule has 1 heterocycles. The molecular formula is C14H19IN2O3. The van der Waals surface area contributed by atoms with Crippen molar-refractivity contribution in [3.05, 3.63) is 33.4 Å². The van der Waals surface area contributed by atoms with Crippen LogP contribution in [0.25, 0.3) is 0 Å². The van der Waals surface area contributed by atoms with E-state index in [1.165, 1.54) is 0 Å². The molecule has 0 radical (unpaired) electrons. The SMILES string of the molecule is O=C(NCC(O)CN1CCOCC1)c1ccccc1I. The highest BCUT2D eigenvalue weighted by atomic mass is 127. The van der Waals surface area contributed by atoms with Crippen molar-refractivity contribution in [2.75, 3.05) is 39.4 Å². The largest absolute Gasteiger partial charge is 0.390 e. The van der Waals surface area contributed by atoms with E-state index >= 15 is 0 Å². The fourth-order valence-corrected chi connectivity index (χ4v) is 2.73. The van der Waals surface area contributed by atoms with Crippen molar-refractivity contribution in [1.82, 2.24) is 10.2 Å². The van der Waals surface area contributed by atoms with E-state index in [1.54, 1.807) is 6.07 Å². The van der Waals surface area contributed by atoms with E-state index in [1.807, 2.05) is 18.2 Å².